The number of nitrogens with zero attached hydrogens (tertiary/aromatic N) is 1. The number of anilines is 2. The highest BCUT2D eigenvalue weighted by Crippen LogP contribution is 2.24. The van der Waals surface area contributed by atoms with Crippen LogP contribution in [0.3, 0.4) is 0 Å². The number of nitrogens with one attached hydrogen (secondary N) is 2. The van der Waals surface area contributed by atoms with Crippen LogP contribution in [0.25, 0.3) is 0 Å². The van der Waals surface area contributed by atoms with E-state index in [0.717, 1.165) is 5.56 Å². The van der Waals surface area contributed by atoms with Gasteiger partial charge in [-0.3, -0.25) is 9.59 Å². The molecule has 1 heterocycles. The Morgan fingerprint density at radius 1 is 1.02 bits per heavy atom. The molecule has 3 N–H and O–H groups in total. The normalized spacial score (nSPS) is 17.3. The van der Waals surface area contributed by atoms with Gasteiger partial charge in [-0.1, -0.05) is 44.2 Å². The molecule has 1 fully saturated rings. The van der Waals surface area contributed by atoms with Gasteiger partial charge in [-0.05, 0) is 48.6 Å². The Morgan fingerprint density at radius 3 is 2.30 bits per heavy atom. The van der Waals surface area contributed by atoms with E-state index in [9.17, 15) is 23.1 Å². The molecule has 0 unspecified atom stereocenters. The summed E-state index contributed by atoms with van der Waals surface area (Å²) in [7, 11) is -2.45. The van der Waals surface area contributed by atoms with Crippen molar-refractivity contribution in [2.45, 2.75) is 49.8 Å². The number of benzene rings is 2. The van der Waals surface area contributed by atoms with Crippen molar-refractivity contribution in [2.24, 2.45) is 5.92 Å². The van der Waals surface area contributed by atoms with E-state index >= 15 is 0 Å². The molecule has 0 spiro atoms. The fourth-order valence-corrected chi connectivity index (χ4v) is 6.39. The third kappa shape index (κ3) is 6.90. The molecule has 1 aliphatic rings. The molecule has 40 heavy (non-hydrogen) atoms. The van der Waals surface area contributed by atoms with Crippen LogP contribution in [0, 0.1) is 5.92 Å². The summed E-state index contributed by atoms with van der Waals surface area (Å²) in [4.78, 5) is 25.1. The van der Waals surface area contributed by atoms with Gasteiger partial charge >= 0.3 is 0 Å². The molecular formula is C29H37N3O7S. The van der Waals surface area contributed by atoms with Crippen molar-refractivity contribution >= 4 is 21.4 Å². The van der Waals surface area contributed by atoms with Crippen LogP contribution in [-0.4, -0.2) is 69.4 Å². The second kappa shape index (κ2) is 12.9. The maximum Gasteiger partial charge on any atom is 0.253 e. The third-order valence-corrected chi connectivity index (χ3v) is 8.78. The number of hydrogen-bond donors (Lipinski definition) is 3. The second-order valence-corrected chi connectivity index (χ2v) is 12.5. The quantitative estimate of drug-likeness (QED) is 0.249. The Kier molecular flexibility index (Phi) is 9.62. The zero-order valence-corrected chi connectivity index (χ0v) is 23.8. The summed E-state index contributed by atoms with van der Waals surface area (Å²) < 4.78 is 39.1. The SMILES string of the molecule is COc1ccc(S(=O)(=O)N(CC(C)C)C[C@@H](O)[C@H](Cc2ccccc2)Nc2c(N[C@H]3CCOC3)c(=O)c2=O)cc1. The summed E-state index contributed by atoms with van der Waals surface area (Å²) >= 11 is 0. The Labute approximate surface area is 234 Å². The molecule has 1 aliphatic heterocycles. The number of aliphatic hydroxyl groups is 1. The number of rotatable bonds is 14. The van der Waals surface area contributed by atoms with Gasteiger partial charge in [0.2, 0.25) is 10.0 Å². The lowest BCUT2D eigenvalue weighted by Gasteiger charge is -2.32. The fraction of sp³-hybridized carbons (Fsp3) is 0.448. The van der Waals surface area contributed by atoms with Crippen molar-refractivity contribution in [3.8, 4) is 5.75 Å². The summed E-state index contributed by atoms with van der Waals surface area (Å²) in [6, 6.07) is 14.6. The van der Waals surface area contributed by atoms with Gasteiger partial charge in [0, 0.05) is 19.7 Å². The molecule has 4 rings (SSSR count). The van der Waals surface area contributed by atoms with E-state index in [1.165, 1.54) is 23.5 Å². The Hall–Kier alpha value is -3.25. The van der Waals surface area contributed by atoms with Crippen LogP contribution in [0.4, 0.5) is 11.4 Å². The largest absolute Gasteiger partial charge is 0.497 e. The van der Waals surface area contributed by atoms with Crippen molar-refractivity contribution < 1.29 is 23.0 Å². The summed E-state index contributed by atoms with van der Waals surface area (Å²) in [6.07, 6.45) is -0.203. The lowest BCUT2D eigenvalue weighted by atomic mass is 9.99. The van der Waals surface area contributed by atoms with E-state index in [2.05, 4.69) is 10.6 Å². The first kappa shape index (κ1) is 29.7. The lowest BCUT2D eigenvalue weighted by Crippen LogP contribution is -2.49. The average Bonchev–Trinajstić information content (AvgIpc) is 3.47. The number of ether oxygens (including phenoxy) is 2. The van der Waals surface area contributed by atoms with Crippen LogP contribution in [0.15, 0.2) is 69.1 Å². The highest BCUT2D eigenvalue weighted by molar-refractivity contribution is 7.89. The maximum atomic E-state index is 13.6. The second-order valence-electron chi connectivity index (χ2n) is 10.5. The van der Waals surface area contributed by atoms with Crippen LogP contribution in [0.5, 0.6) is 5.75 Å². The van der Waals surface area contributed by atoms with E-state index in [0.29, 0.717) is 31.8 Å². The predicted molar refractivity (Wildman–Crippen MR) is 154 cm³/mol. The minimum absolute atomic E-state index is 0.0151. The van der Waals surface area contributed by atoms with Crippen LogP contribution < -0.4 is 26.2 Å². The van der Waals surface area contributed by atoms with E-state index in [1.807, 2.05) is 44.2 Å². The molecule has 216 valence electrons. The van der Waals surface area contributed by atoms with Gasteiger partial charge < -0.3 is 25.2 Å². The van der Waals surface area contributed by atoms with Crippen molar-refractivity contribution in [1.82, 2.24) is 4.31 Å². The van der Waals surface area contributed by atoms with E-state index < -0.39 is 33.0 Å². The molecule has 3 aromatic rings. The summed E-state index contributed by atoms with van der Waals surface area (Å²) in [5, 5.41) is 17.7. The van der Waals surface area contributed by atoms with Gasteiger partial charge in [-0.25, -0.2) is 8.42 Å². The van der Waals surface area contributed by atoms with Crippen molar-refractivity contribution in [3.05, 3.63) is 80.6 Å². The van der Waals surface area contributed by atoms with E-state index in [-0.39, 0.29) is 41.3 Å². The van der Waals surface area contributed by atoms with Gasteiger partial charge in [0.25, 0.3) is 10.9 Å². The summed E-state index contributed by atoms with van der Waals surface area (Å²) in [5.74, 6) is 0.516. The molecule has 0 amide bonds. The molecule has 0 saturated carbocycles. The molecule has 11 heteroatoms. The van der Waals surface area contributed by atoms with Gasteiger partial charge in [0.15, 0.2) is 0 Å². The molecule has 0 aromatic heterocycles. The Morgan fingerprint density at radius 2 is 1.70 bits per heavy atom. The molecule has 3 atom stereocenters. The van der Waals surface area contributed by atoms with Gasteiger partial charge in [-0.2, -0.15) is 4.31 Å². The third-order valence-electron chi connectivity index (χ3n) is 6.94. The molecule has 10 nitrogen and oxygen atoms in total. The first-order chi connectivity index (χ1) is 19.1. The fourth-order valence-electron chi connectivity index (χ4n) is 4.77. The van der Waals surface area contributed by atoms with Crippen molar-refractivity contribution in [3.63, 3.8) is 0 Å². The van der Waals surface area contributed by atoms with Gasteiger partial charge in [0.05, 0.1) is 36.8 Å². The minimum Gasteiger partial charge on any atom is -0.497 e. The van der Waals surface area contributed by atoms with E-state index in [4.69, 9.17) is 9.47 Å². The number of hydrogen-bond acceptors (Lipinski definition) is 9. The number of aliphatic hydroxyl groups excluding tert-OH is 1. The topological polar surface area (TPSA) is 134 Å². The molecular weight excluding hydrogens is 534 g/mol. The highest BCUT2D eigenvalue weighted by Gasteiger charge is 2.33. The Balaban J connectivity index is 1.61. The van der Waals surface area contributed by atoms with Crippen LogP contribution >= 0.6 is 0 Å². The maximum absolute atomic E-state index is 13.6. The zero-order chi connectivity index (χ0) is 28.9. The first-order valence-corrected chi connectivity index (χ1v) is 14.8. The standard InChI is InChI=1S/C29H37N3O7S/c1-19(2)16-32(40(36,37)23-11-9-22(38-3)10-12-23)17-25(33)24(15-20-7-5-4-6-8-20)31-27-26(28(34)29(27)35)30-21-13-14-39-18-21/h4-12,19,21,24-25,30-31,33H,13-18H2,1-3H3/t21-,24-,25+/m0/s1. The summed E-state index contributed by atoms with van der Waals surface area (Å²) in [5.41, 5.74) is -0.131. The summed E-state index contributed by atoms with van der Waals surface area (Å²) in [6.45, 7) is 4.76. The van der Waals surface area contributed by atoms with Crippen molar-refractivity contribution in [2.75, 3.05) is 44.0 Å². The monoisotopic (exact) mass is 571 g/mol. The van der Waals surface area contributed by atoms with E-state index in [1.54, 1.807) is 12.1 Å². The molecule has 0 radical (unpaired) electrons. The van der Waals surface area contributed by atoms with Crippen LogP contribution in [-0.2, 0) is 21.2 Å². The zero-order valence-electron chi connectivity index (χ0n) is 23.0. The van der Waals surface area contributed by atoms with Gasteiger partial charge in [0.1, 0.15) is 17.1 Å². The smallest absolute Gasteiger partial charge is 0.253 e. The average molecular weight is 572 g/mol. The molecule has 0 aliphatic carbocycles. The molecule has 3 aromatic carbocycles. The number of sulfonamides is 1. The predicted octanol–water partition coefficient (Wildman–Crippen LogP) is 2.22. The van der Waals surface area contributed by atoms with Crippen LogP contribution in [0.1, 0.15) is 25.8 Å². The Bertz CT molecular complexity index is 1430. The number of methoxy groups -OCH3 is 1. The van der Waals surface area contributed by atoms with Crippen LogP contribution in [0.2, 0.25) is 0 Å². The highest BCUT2D eigenvalue weighted by atomic mass is 32.2. The molecule has 0 bridgehead atoms. The molecule has 1 saturated heterocycles. The lowest BCUT2D eigenvalue weighted by molar-refractivity contribution is 0.122. The van der Waals surface area contributed by atoms with Crippen molar-refractivity contribution in [1.29, 1.82) is 0 Å². The first-order valence-electron chi connectivity index (χ1n) is 13.4. The van der Waals surface area contributed by atoms with Gasteiger partial charge in [-0.15, -0.1) is 0 Å². The minimum atomic E-state index is -3.96.